The van der Waals surface area contributed by atoms with Crippen LogP contribution in [0.2, 0.25) is 0 Å². The van der Waals surface area contributed by atoms with Gasteiger partial charge >= 0.3 is 6.03 Å². The molecule has 0 saturated carbocycles. The lowest BCUT2D eigenvalue weighted by molar-refractivity contribution is 0.262. The minimum Gasteiger partial charge on any atom is -0.360 e. The number of aryl methyl sites for hydroxylation is 1. The second-order valence-corrected chi connectivity index (χ2v) is 3.56. The third-order valence-electron chi connectivity index (χ3n) is 2.17. The summed E-state index contributed by atoms with van der Waals surface area (Å²) in [5.41, 5.74) is 0.835. The van der Waals surface area contributed by atoms with Crippen LogP contribution < -0.4 is 10.6 Å². The molecule has 90 valence electrons. The first-order valence-electron chi connectivity index (χ1n) is 5.19. The van der Waals surface area contributed by atoms with E-state index in [-0.39, 0.29) is 0 Å². The molecule has 18 heavy (non-hydrogen) atoms. The monoisotopic (exact) mass is 242 g/mol. The van der Waals surface area contributed by atoms with Gasteiger partial charge in [-0.3, -0.25) is 5.32 Å². The zero-order chi connectivity index (χ0) is 13.0. The Morgan fingerprint density at radius 2 is 2.17 bits per heavy atom. The zero-order valence-corrected chi connectivity index (χ0v) is 9.60. The van der Waals surface area contributed by atoms with E-state index < -0.39 is 6.03 Å². The molecule has 6 heteroatoms. The van der Waals surface area contributed by atoms with E-state index in [4.69, 9.17) is 9.78 Å². The smallest absolute Gasteiger partial charge is 0.324 e. The fourth-order valence-corrected chi connectivity index (χ4v) is 1.38. The molecule has 6 nitrogen and oxygen atoms in total. The highest BCUT2D eigenvalue weighted by molar-refractivity contribution is 5.99. The topological polar surface area (TPSA) is 91.0 Å². The number of nitriles is 1. The number of urea groups is 1. The van der Waals surface area contributed by atoms with E-state index in [9.17, 15) is 4.79 Å². The van der Waals surface area contributed by atoms with Crippen LogP contribution >= 0.6 is 0 Å². The predicted molar refractivity (Wildman–Crippen MR) is 65.0 cm³/mol. The van der Waals surface area contributed by atoms with Gasteiger partial charge in [0.05, 0.1) is 11.3 Å². The van der Waals surface area contributed by atoms with Crippen LogP contribution in [0, 0.1) is 18.3 Å². The molecule has 2 amide bonds. The minimum atomic E-state index is -0.481. The largest absolute Gasteiger partial charge is 0.360 e. The van der Waals surface area contributed by atoms with Crippen molar-refractivity contribution < 1.29 is 9.32 Å². The molecule has 0 fully saturated rings. The lowest BCUT2D eigenvalue weighted by Gasteiger charge is -2.06. The number of hydrogen-bond donors (Lipinski definition) is 2. The van der Waals surface area contributed by atoms with Crippen molar-refractivity contribution in [1.82, 2.24) is 5.16 Å². The molecule has 0 radical (unpaired) electrons. The first kappa shape index (κ1) is 11.7. The summed E-state index contributed by atoms with van der Waals surface area (Å²) in [6.07, 6.45) is 0. The Labute approximate surface area is 103 Å². The van der Waals surface area contributed by atoms with Crippen LogP contribution in [0.15, 0.2) is 34.9 Å². The van der Waals surface area contributed by atoms with E-state index in [1.54, 1.807) is 37.3 Å². The maximum atomic E-state index is 11.6. The summed E-state index contributed by atoms with van der Waals surface area (Å²) in [5, 5.41) is 17.6. The number of anilines is 2. The number of amides is 2. The fraction of sp³-hybridized carbons (Fsp3) is 0.0833. The van der Waals surface area contributed by atoms with E-state index in [2.05, 4.69) is 15.8 Å². The molecule has 2 N–H and O–H groups in total. The molecule has 0 bridgehead atoms. The summed E-state index contributed by atoms with van der Waals surface area (Å²) < 4.78 is 4.82. The number of para-hydroxylation sites is 1. The van der Waals surface area contributed by atoms with Crippen molar-refractivity contribution in [2.24, 2.45) is 0 Å². The Balaban J connectivity index is 2.06. The Morgan fingerprint density at radius 1 is 1.39 bits per heavy atom. The lowest BCUT2D eigenvalue weighted by Crippen LogP contribution is -2.20. The molecule has 0 saturated heterocycles. The van der Waals surface area contributed by atoms with Gasteiger partial charge in [-0.1, -0.05) is 17.3 Å². The van der Waals surface area contributed by atoms with Crippen molar-refractivity contribution in [3.63, 3.8) is 0 Å². The number of carbonyl (C=O) groups excluding carboxylic acids is 1. The molecule has 0 aliphatic heterocycles. The van der Waals surface area contributed by atoms with Gasteiger partial charge in [-0.2, -0.15) is 5.26 Å². The summed E-state index contributed by atoms with van der Waals surface area (Å²) in [7, 11) is 0. The molecule has 0 unspecified atom stereocenters. The maximum Gasteiger partial charge on any atom is 0.324 e. The molecular weight excluding hydrogens is 232 g/mol. The third-order valence-corrected chi connectivity index (χ3v) is 2.17. The Morgan fingerprint density at radius 3 is 2.83 bits per heavy atom. The van der Waals surface area contributed by atoms with Crippen molar-refractivity contribution in [2.75, 3.05) is 10.6 Å². The van der Waals surface area contributed by atoms with E-state index in [0.717, 1.165) is 0 Å². The second-order valence-electron chi connectivity index (χ2n) is 3.56. The molecule has 0 aliphatic rings. The quantitative estimate of drug-likeness (QED) is 0.846. The van der Waals surface area contributed by atoms with Gasteiger partial charge in [0.25, 0.3) is 0 Å². The van der Waals surface area contributed by atoms with Crippen molar-refractivity contribution in [2.45, 2.75) is 6.92 Å². The van der Waals surface area contributed by atoms with Gasteiger partial charge in [-0.05, 0) is 19.1 Å². The second kappa shape index (κ2) is 5.01. The summed E-state index contributed by atoms with van der Waals surface area (Å²) in [5.74, 6) is 0.919. The lowest BCUT2D eigenvalue weighted by atomic mass is 10.2. The highest BCUT2D eigenvalue weighted by Crippen LogP contribution is 2.14. The number of nitrogens with one attached hydrogen (secondary N) is 2. The number of hydrogen-bond acceptors (Lipinski definition) is 4. The van der Waals surface area contributed by atoms with Crippen LogP contribution in [0.5, 0.6) is 0 Å². The van der Waals surface area contributed by atoms with Crippen LogP contribution in [0.25, 0.3) is 0 Å². The average Bonchev–Trinajstić information content (AvgIpc) is 2.75. The predicted octanol–water partition coefficient (Wildman–Crippen LogP) is 2.50. The zero-order valence-electron chi connectivity index (χ0n) is 9.60. The van der Waals surface area contributed by atoms with Gasteiger partial charge in [-0.25, -0.2) is 4.79 Å². The molecule has 1 aromatic carbocycles. The number of rotatable bonds is 2. The van der Waals surface area contributed by atoms with Gasteiger partial charge in [0, 0.05) is 6.07 Å². The van der Waals surface area contributed by atoms with Crippen LogP contribution in [-0.4, -0.2) is 11.2 Å². The normalized spacial score (nSPS) is 9.56. The van der Waals surface area contributed by atoms with Crippen LogP contribution in [-0.2, 0) is 0 Å². The van der Waals surface area contributed by atoms with Crippen LogP contribution in [0.4, 0.5) is 16.3 Å². The number of nitrogens with zero attached hydrogens (tertiary/aromatic N) is 2. The van der Waals surface area contributed by atoms with Gasteiger partial charge in [0.1, 0.15) is 11.8 Å². The molecule has 2 aromatic rings. The highest BCUT2D eigenvalue weighted by atomic mass is 16.5. The van der Waals surface area contributed by atoms with Gasteiger partial charge in [0.2, 0.25) is 0 Å². The average molecular weight is 242 g/mol. The highest BCUT2D eigenvalue weighted by Gasteiger charge is 2.08. The van der Waals surface area contributed by atoms with Crippen molar-refractivity contribution >= 4 is 17.5 Å². The van der Waals surface area contributed by atoms with E-state index in [0.29, 0.717) is 22.8 Å². The van der Waals surface area contributed by atoms with E-state index in [1.165, 1.54) is 0 Å². The molecule has 0 spiro atoms. The Hall–Kier alpha value is -2.81. The van der Waals surface area contributed by atoms with E-state index >= 15 is 0 Å². The SMILES string of the molecule is Cc1cc(NC(=O)Nc2ccccc2C#N)no1. The molecular formula is C12H10N4O2. The molecule has 1 heterocycles. The maximum absolute atomic E-state index is 11.6. The summed E-state index contributed by atoms with van der Waals surface area (Å²) in [6, 6.07) is 9.83. The number of aromatic nitrogens is 1. The van der Waals surface area contributed by atoms with Crippen molar-refractivity contribution in [3.05, 3.63) is 41.7 Å². The molecule has 0 aliphatic carbocycles. The Bertz CT molecular complexity index is 613. The number of carbonyl (C=O) groups is 1. The first-order chi connectivity index (χ1) is 8.69. The molecule has 0 atom stereocenters. The third kappa shape index (κ3) is 2.65. The number of benzene rings is 1. The van der Waals surface area contributed by atoms with Crippen molar-refractivity contribution in [3.8, 4) is 6.07 Å². The van der Waals surface area contributed by atoms with Crippen LogP contribution in [0.3, 0.4) is 0 Å². The summed E-state index contributed by atoms with van der Waals surface area (Å²) in [6.45, 7) is 1.72. The molecule has 2 rings (SSSR count). The minimum absolute atomic E-state index is 0.319. The summed E-state index contributed by atoms with van der Waals surface area (Å²) in [4.78, 5) is 11.6. The van der Waals surface area contributed by atoms with Gasteiger partial charge in [0.15, 0.2) is 5.82 Å². The van der Waals surface area contributed by atoms with E-state index in [1.807, 2.05) is 6.07 Å². The first-order valence-corrected chi connectivity index (χ1v) is 5.19. The summed E-state index contributed by atoms with van der Waals surface area (Å²) >= 11 is 0. The van der Waals surface area contributed by atoms with Gasteiger partial charge in [-0.15, -0.1) is 0 Å². The Kier molecular flexibility index (Phi) is 3.25. The standard InChI is InChI=1S/C12H10N4O2/c1-8-6-11(16-18-8)15-12(17)14-10-5-3-2-4-9(10)7-13/h2-6H,1H3,(H2,14,15,16,17). The van der Waals surface area contributed by atoms with Crippen LogP contribution in [0.1, 0.15) is 11.3 Å². The molecule has 1 aromatic heterocycles. The fourth-order valence-electron chi connectivity index (χ4n) is 1.38. The van der Waals surface area contributed by atoms with Crippen molar-refractivity contribution in [1.29, 1.82) is 5.26 Å². The van der Waals surface area contributed by atoms with Gasteiger partial charge < -0.3 is 9.84 Å².